The molecule has 1 amide bonds. The standard InChI is InChI=1S/C15H26N4O/c1-15(2,3)18-12-7-9-16-13(11-12)14(20)17-8-6-10-19(4)5/h7,9,11H,6,8,10H2,1-5H3,(H,16,18)(H,17,20). The maximum absolute atomic E-state index is 12.0. The van der Waals surface area contributed by atoms with Crippen LogP contribution >= 0.6 is 0 Å². The number of hydrogen-bond acceptors (Lipinski definition) is 4. The van der Waals surface area contributed by atoms with E-state index in [0.29, 0.717) is 12.2 Å². The van der Waals surface area contributed by atoms with E-state index >= 15 is 0 Å². The van der Waals surface area contributed by atoms with E-state index in [2.05, 4.69) is 41.3 Å². The SMILES string of the molecule is CN(C)CCCNC(=O)c1cc(NC(C)(C)C)ccn1. The van der Waals surface area contributed by atoms with E-state index in [9.17, 15) is 4.79 Å². The van der Waals surface area contributed by atoms with Crippen LogP contribution in [-0.4, -0.2) is 48.5 Å². The van der Waals surface area contributed by atoms with E-state index in [4.69, 9.17) is 0 Å². The van der Waals surface area contributed by atoms with Crippen molar-refractivity contribution in [1.82, 2.24) is 15.2 Å². The van der Waals surface area contributed by atoms with Gasteiger partial charge in [-0.25, -0.2) is 0 Å². The first-order chi connectivity index (χ1) is 9.28. The lowest BCUT2D eigenvalue weighted by atomic mass is 10.1. The van der Waals surface area contributed by atoms with Crippen LogP contribution in [0.1, 0.15) is 37.7 Å². The van der Waals surface area contributed by atoms with Crippen LogP contribution in [0.15, 0.2) is 18.3 Å². The van der Waals surface area contributed by atoms with Gasteiger partial charge in [0.1, 0.15) is 5.69 Å². The molecule has 0 aliphatic heterocycles. The zero-order chi connectivity index (χ0) is 15.2. The van der Waals surface area contributed by atoms with Gasteiger partial charge in [0.25, 0.3) is 5.91 Å². The van der Waals surface area contributed by atoms with Crippen LogP contribution in [0.5, 0.6) is 0 Å². The van der Waals surface area contributed by atoms with E-state index in [1.54, 1.807) is 12.3 Å². The Morgan fingerprint density at radius 3 is 2.65 bits per heavy atom. The van der Waals surface area contributed by atoms with Gasteiger partial charge in [0.15, 0.2) is 0 Å². The fraction of sp³-hybridized carbons (Fsp3) is 0.600. The average molecular weight is 278 g/mol. The van der Waals surface area contributed by atoms with Gasteiger partial charge in [-0.15, -0.1) is 0 Å². The first-order valence-electron chi connectivity index (χ1n) is 6.95. The van der Waals surface area contributed by atoms with E-state index in [-0.39, 0.29) is 11.4 Å². The Kier molecular flexibility index (Phi) is 5.95. The van der Waals surface area contributed by atoms with Gasteiger partial charge in [-0.2, -0.15) is 0 Å². The van der Waals surface area contributed by atoms with E-state index < -0.39 is 0 Å². The number of hydrogen-bond donors (Lipinski definition) is 2. The van der Waals surface area contributed by atoms with Crippen molar-refractivity contribution in [3.05, 3.63) is 24.0 Å². The molecular formula is C15H26N4O. The Balaban J connectivity index is 2.54. The molecule has 20 heavy (non-hydrogen) atoms. The van der Waals surface area contributed by atoms with Crippen LogP contribution in [0.4, 0.5) is 5.69 Å². The highest BCUT2D eigenvalue weighted by Gasteiger charge is 2.12. The highest BCUT2D eigenvalue weighted by atomic mass is 16.1. The highest BCUT2D eigenvalue weighted by Crippen LogP contribution is 2.14. The number of aromatic nitrogens is 1. The molecule has 1 heterocycles. The minimum absolute atomic E-state index is 0.0409. The predicted molar refractivity (Wildman–Crippen MR) is 83.1 cm³/mol. The van der Waals surface area contributed by atoms with Crippen molar-refractivity contribution >= 4 is 11.6 Å². The van der Waals surface area contributed by atoms with Crippen LogP contribution in [0.3, 0.4) is 0 Å². The van der Waals surface area contributed by atoms with Crippen LogP contribution < -0.4 is 10.6 Å². The van der Waals surface area contributed by atoms with E-state index in [0.717, 1.165) is 18.7 Å². The molecule has 0 saturated heterocycles. The van der Waals surface area contributed by atoms with Crippen LogP contribution in [0.2, 0.25) is 0 Å². The maximum Gasteiger partial charge on any atom is 0.269 e. The van der Waals surface area contributed by atoms with Crippen LogP contribution in [-0.2, 0) is 0 Å². The summed E-state index contributed by atoms with van der Waals surface area (Å²) in [5.74, 6) is -0.124. The van der Waals surface area contributed by atoms with Gasteiger partial charge >= 0.3 is 0 Å². The fourth-order valence-corrected chi connectivity index (χ4v) is 1.75. The summed E-state index contributed by atoms with van der Waals surface area (Å²) in [6.45, 7) is 7.85. The summed E-state index contributed by atoms with van der Waals surface area (Å²) < 4.78 is 0. The number of nitrogens with one attached hydrogen (secondary N) is 2. The summed E-state index contributed by atoms with van der Waals surface area (Å²) in [5, 5.41) is 6.22. The molecule has 1 aromatic heterocycles. The number of nitrogens with zero attached hydrogens (tertiary/aromatic N) is 2. The predicted octanol–water partition coefficient (Wildman–Crippen LogP) is 1.97. The number of rotatable bonds is 6. The molecule has 0 unspecified atom stereocenters. The minimum atomic E-state index is -0.124. The lowest BCUT2D eigenvalue weighted by Gasteiger charge is -2.22. The molecule has 0 fully saturated rings. The summed E-state index contributed by atoms with van der Waals surface area (Å²) in [7, 11) is 4.04. The summed E-state index contributed by atoms with van der Waals surface area (Å²) in [5.41, 5.74) is 1.32. The van der Waals surface area contributed by atoms with Crippen molar-refractivity contribution < 1.29 is 4.79 Å². The molecule has 0 radical (unpaired) electrons. The molecule has 2 N–H and O–H groups in total. The minimum Gasteiger partial charge on any atom is -0.380 e. The Morgan fingerprint density at radius 2 is 2.05 bits per heavy atom. The molecular weight excluding hydrogens is 252 g/mol. The summed E-state index contributed by atoms with van der Waals surface area (Å²) in [6, 6.07) is 3.65. The van der Waals surface area contributed by atoms with Gasteiger partial charge in [0.2, 0.25) is 0 Å². The first-order valence-corrected chi connectivity index (χ1v) is 6.95. The quantitative estimate of drug-likeness (QED) is 0.781. The van der Waals surface area contributed by atoms with Gasteiger partial charge in [0, 0.05) is 24.0 Å². The molecule has 5 nitrogen and oxygen atoms in total. The van der Waals surface area contributed by atoms with Gasteiger partial charge in [-0.05, 0) is 60.0 Å². The molecule has 5 heteroatoms. The van der Waals surface area contributed by atoms with E-state index in [1.807, 2.05) is 20.2 Å². The van der Waals surface area contributed by atoms with Gasteiger partial charge in [0.05, 0.1) is 0 Å². The van der Waals surface area contributed by atoms with Crippen LogP contribution in [0.25, 0.3) is 0 Å². The molecule has 1 rings (SSSR count). The first kappa shape index (κ1) is 16.4. The second-order valence-electron chi connectivity index (χ2n) is 6.22. The van der Waals surface area contributed by atoms with Crippen molar-refractivity contribution in [3.8, 4) is 0 Å². The third kappa shape index (κ3) is 6.52. The van der Waals surface area contributed by atoms with Gasteiger partial charge in [-0.3, -0.25) is 9.78 Å². The van der Waals surface area contributed by atoms with Crippen molar-refractivity contribution in [1.29, 1.82) is 0 Å². The third-order valence-electron chi connectivity index (χ3n) is 2.58. The summed E-state index contributed by atoms with van der Waals surface area (Å²) in [6.07, 6.45) is 2.58. The normalized spacial score (nSPS) is 11.5. The molecule has 0 bridgehead atoms. The molecule has 1 aromatic rings. The number of pyridine rings is 1. The molecule has 0 aliphatic rings. The molecule has 0 saturated carbocycles. The van der Waals surface area contributed by atoms with Gasteiger partial charge in [-0.1, -0.05) is 0 Å². The zero-order valence-corrected chi connectivity index (χ0v) is 13.2. The summed E-state index contributed by atoms with van der Waals surface area (Å²) >= 11 is 0. The maximum atomic E-state index is 12.0. The number of carbonyl (C=O) groups is 1. The Morgan fingerprint density at radius 1 is 1.35 bits per heavy atom. The van der Waals surface area contributed by atoms with Gasteiger partial charge < -0.3 is 15.5 Å². The third-order valence-corrected chi connectivity index (χ3v) is 2.58. The average Bonchev–Trinajstić information content (AvgIpc) is 2.32. The molecule has 0 aliphatic carbocycles. The molecule has 112 valence electrons. The molecule has 0 atom stereocenters. The topological polar surface area (TPSA) is 57.3 Å². The number of amides is 1. The Hall–Kier alpha value is -1.62. The monoisotopic (exact) mass is 278 g/mol. The molecule has 0 aromatic carbocycles. The number of carbonyl (C=O) groups excluding carboxylic acids is 1. The van der Waals surface area contributed by atoms with Crippen molar-refractivity contribution in [3.63, 3.8) is 0 Å². The largest absolute Gasteiger partial charge is 0.380 e. The second-order valence-corrected chi connectivity index (χ2v) is 6.22. The second kappa shape index (κ2) is 7.24. The number of anilines is 1. The highest BCUT2D eigenvalue weighted by molar-refractivity contribution is 5.93. The Bertz CT molecular complexity index is 438. The van der Waals surface area contributed by atoms with Crippen molar-refractivity contribution in [2.24, 2.45) is 0 Å². The molecule has 0 spiro atoms. The fourth-order valence-electron chi connectivity index (χ4n) is 1.75. The lowest BCUT2D eigenvalue weighted by molar-refractivity contribution is 0.0947. The summed E-state index contributed by atoms with van der Waals surface area (Å²) in [4.78, 5) is 18.2. The van der Waals surface area contributed by atoms with Crippen molar-refractivity contribution in [2.45, 2.75) is 32.7 Å². The van der Waals surface area contributed by atoms with Crippen molar-refractivity contribution in [2.75, 3.05) is 32.5 Å². The van der Waals surface area contributed by atoms with Crippen LogP contribution in [0, 0.1) is 0 Å². The zero-order valence-electron chi connectivity index (χ0n) is 13.2. The lowest BCUT2D eigenvalue weighted by Crippen LogP contribution is -2.29. The Labute approximate surface area is 121 Å². The van der Waals surface area contributed by atoms with E-state index in [1.165, 1.54) is 0 Å². The smallest absolute Gasteiger partial charge is 0.269 e.